The van der Waals surface area contributed by atoms with E-state index in [1.165, 1.54) is 27.1 Å². The summed E-state index contributed by atoms with van der Waals surface area (Å²) in [6, 6.07) is 21.4. The van der Waals surface area contributed by atoms with Crippen LogP contribution in [0.3, 0.4) is 0 Å². The van der Waals surface area contributed by atoms with Gasteiger partial charge in [-0.05, 0) is 43.0 Å². The third-order valence-corrected chi connectivity index (χ3v) is 9.63. The molecule has 4 aromatic carbocycles. The average molecular weight is 489 g/mol. The highest BCUT2D eigenvalue weighted by molar-refractivity contribution is 6.89. The summed E-state index contributed by atoms with van der Waals surface area (Å²) in [5, 5.41) is 7.38. The minimum atomic E-state index is -1.55. The molecule has 0 aliphatic carbocycles. The Morgan fingerprint density at radius 3 is 2.31 bits per heavy atom. The predicted octanol–water partition coefficient (Wildman–Crippen LogP) is 8.63. The number of furan rings is 1. The first-order chi connectivity index (χ1) is 17.1. The molecule has 0 saturated carbocycles. The van der Waals surface area contributed by atoms with Crippen LogP contribution in [0.25, 0.3) is 54.9 Å². The highest BCUT2D eigenvalue weighted by Gasteiger charge is 2.25. The molecule has 0 atom stereocenters. The van der Waals surface area contributed by atoms with Crippen molar-refractivity contribution in [2.75, 3.05) is 0 Å². The van der Waals surface area contributed by atoms with Gasteiger partial charge in [0.15, 0.2) is 0 Å². The number of para-hydroxylation sites is 2. The molecule has 4 heteroatoms. The fourth-order valence-electron chi connectivity index (χ4n) is 6.02. The fraction of sp³-hybridized carbons (Fsp3) is 0.250. The second kappa shape index (κ2) is 8.00. The predicted molar refractivity (Wildman–Crippen MR) is 156 cm³/mol. The van der Waals surface area contributed by atoms with E-state index in [9.17, 15) is 0 Å². The van der Waals surface area contributed by atoms with E-state index in [4.69, 9.17) is 14.4 Å². The molecule has 2 heterocycles. The normalized spacial score (nSPS) is 12.6. The van der Waals surface area contributed by atoms with Gasteiger partial charge in [-0.2, -0.15) is 0 Å². The summed E-state index contributed by atoms with van der Waals surface area (Å²) in [4.78, 5) is 10.4. The van der Waals surface area contributed by atoms with Crippen LogP contribution in [0.2, 0.25) is 19.6 Å². The van der Waals surface area contributed by atoms with E-state index in [0.29, 0.717) is 0 Å². The van der Waals surface area contributed by atoms with E-state index in [1.54, 1.807) is 0 Å². The van der Waals surface area contributed by atoms with Crippen LogP contribution in [0.1, 0.15) is 36.7 Å². The van der Waals surface area contributed by atoms with Crippen LogP contribution in [0.15, 0.2) is 65.1 Å². The van der Waals surface area contributed by atoms with Gasteiger partial charge in [0.2, 0.25) is 0 Å². The van der Waals surface area contributed by atoms with Gasteiger partial charge < -0.3 is 4.42 Å². The Kier molecular flexibility index (Phi) is 5.10. The number of nitrogens with zero attached hydrogens (tertiary/aromatic N) is 2. The molecule has 2 aromatic heterocycles. The second-order valence-corrected chi connectivity index (χ2v) is 16.4. The molecule has 0 N–H and O–H groups in total. The van der Waals surface area contributed by atoms with Crippen LogP contribution >= 0.6 is 0 Å². The van der Waals surface area contributed by atoms with Crippen molar-refractivity contribution in [1.29, 1.82) is 0 Å². The lowest BCUT2D eigenvalue weighted by molar-refractivity contribution is 0.669. The van der Waals surface area contributed by atoms with E-state index < -0.39 is 8.07 Å². The number of fused-ring (bicyclic) bond motifs is 6. The van der Waals surface area contributed by atoms with E-state index in [1.807, 2.05) is 12.1 Å². The maximum absolute atomic E-state index is 6.42. The standard InChI is InChI=1S/C32H32N2OSi/c1-18(2)32-33-28(25-13-10-12-23-22-11-8-9-14-26(22)35-30(23)25)24-16-15-21-17-19(3)31(36(5,6)7)20(4)27(21)29(24)34-32/h8-18H,1-7H3. The highest BCUT2D eigenvalue weighted by atomic mass is 28.3. The quantitative estimate of drug-likeness (QED) is 0.185. The first-order valence-electron chi connectivity index (χ1n) is 12.8. The topological polar surface area (TPSA) is 38.9 Å². The van der Waals surface area contributed by atoms with Gasteiger partial charge in [0.1, 0.15) is 17.0 Å². The molecule has 0 unspecified atom stereocenters. The molecule has 6 aromatic rings. The van der Waals surface area contributed by atoms with E-state index in [-0.39, 0.29) is 5.92 Å². The Morgan fingerprint density at radius 2 is 1.56 bits per heavy atom. The van der Waals surface area contributed by atoms with Gasteiger partial charge in [0, 0.05) is 33.0 Å². The van der Waals surface area contributed by atoms with Crippen molar-refractivity contribution < 1.29 is 4.42 Å². The molecule has 180 valence electrons. The maximum Gasteiger partial charge on any atom is 0.144 e. The van der Waals surface area contributed by atoms with Crippen LogP contribution in [0.4, 0.5) is 0 Å². The van der Waals surface area contributed by atoms with Crippen molar-refractivity contribution in [3.8, 4) is 11.3 Å². The van der Waals surface area contributed by atoms with E-state index >= 15 is 0 Å². The van der Waals surface area contributed by atoms with Gasteiger partial charge in [-0.25, -0.2) is 9.97 Å². The van der Waals surface area contributed by atoms with Gasteiger partial charge in [0.25, 0.3) is 0 Å². The molecule has 0 spiro atoms. The number of rotatable bonds is 3. The zero-order valence-corrected chi connectivity index (χ0v) is 23.2. The summed E-state index contributed by atoms with van der Waals surface area (Å²) in [6.07, 6.45) is 0. The van der Waals surface area contributed by atoms with Crippen molar-refractivity contribution in [2.24, 2.45) is 0 Å². The molecule has 6 rings (SSSR count). The summed E-state index contributed by atoms with van der Waals surface area (Å²) in [7, 11) is -1.55. The Bertz CT molecular complexity index is 1820. The summed E-state index contributed by atoms with van der Waals surface area (Å²) in [5.41, 5.74) is 7.57. The van der Waals surface area contributed by atoms with Gasteiger partial charge in [-0.15, -0.1) is 0 Å². The van der Waals surface area contributed by atoms with E-state index in [2.05, 4.69) is 95.9 Å². The summed E-state index contributed by atoms with van der Waals surface area (Å²) in [6.45, 7) is 16.2. The van der Waals surface area contributed by atoms with Crippen molar-refractivity contribution in [1.82, 2.24) is 9.97 Å². The number of aromatic nitrogens is 2. The fourth-order valence-corrected chi connectivity index (χ4v) is 8.53. The second-order valence-electron chi connectivity index (χ2n) is 11.4. The average Bonchev–Trinajstić information content (AvgIpc) is 3.21. The minimum Gasteiger partial charge on any atom is -0.455 e. The molecule has 0 bridgehead atoms. The van der Waals surface area contributed by atoms with Crippen LogP contribution in [0.5, 0.6) is 0 Å². The monoisotopic (exact) mass is 488 g/mol. The zero-order valence-electron chi connectivity index (χ0n) is 22.2. The first kappa shape index (κ1) is 22.9. The molecule has 0 aliphatic rings. The Balaban J connectivity index is 1.78. The third kappa shape index (κ3) is 3.39. The Morgan fingerprint density at radius 1 is 0.806 bits per heavy atom. The van der Waals surface area contributed by atoms with Crippen molar-refractivity contribution >= 4 is 56.9 Å². The SMILES string of the molecule is Cc1cc2ccc3c(-c4cccc5c4oc4ccccc45)nc(C(C)C)nc3c2c(C)c1[Si](C)(C)C. The van der Waals surface area contributed by atoms with Gasteiger partial charge in [-0.3, -0.25) is 0 Å². The van der Waals surface area contributed by atoms with Crippen LogP contribution in [-0.2, 0) is 0 Å². The molecular weight excluding hydrogens is 456 g/mol. The first-order valence-corrected chi connectivity index (χ1v) is 16.3. The van der Waals surface area contributed by atoms with Gasteiger partial charge in [0.05, 0.1) is 19.3 Å². The lowest BCUT2D eigenvalue weighted by Gasteiger charge is -2.24. The molecule has 0 aliphatic heterocycles. The number of benzene rings is 4. The molecule has 0 saturated heterocycles. The number of aryl methyl sites for hydroxylation is 2. The summed E-state index contributed by atoms with van der Waals surface area (Å²) < 4.78 is 6.42. The Hall–Kier alpha value is -3.50. The van der Waals surface area contributed by atoms with Gasteiger partial charge in [-0.1, -0.05) is 86.7 Å². The van der Waals surface area contributed by atoms with Crippen molar-refractivity contribution in [2.45, 2.75) is 53.3 Å². The molecule has 0 amide bonds. The summed E-state index contributed by atoms with van der Waals surface area (Å²) >= 11 is 0. The molecule has 3 nitrogen and oxygen atoms in total. The molecule has 0 radical (unpaired) electrons. The molecule has 0 fully saturated rings. The number of hydrogen-bond donors (Lipinski definition) is 0. The highest BCUT2D eigenvalue weighted by Crippen LogP contribution is 2.39. The van der Waals surface area contributed by atoms with Crippen LogP contribution in [-0.4, -0.2) is 18.0 Å². The largest absolute Gasteiger partial charge is 0.455 e. The van der Waals surface area contributed by atoms with Crippen LogP contribution in [0, 0.1) is 13.8 Å². The third-order valence-electron chi connectivity index (χ3n) is 7.36. The smallest absolute Gasteiger partial charge is 0.144 e. The lowest BCUT2D eigenvalue weighted by atomic mass is 9.96. The minimum absolute atomic E-state index is 0.209. The van der Waals surface area contributed by atoms with Crippen molar-refractivity contribution in [3.63, 3.8) is 0 Å². The van der Waals surface area contributed by atoms with Crippen molar-refractivity contribution in [3.05, 3.63) is 77.6 Å². The zero-order chi connectivity index (χ0) is 25.4. The Labute approximate surface area is 213 Å². The maximum atomic E-state index is 6.42. The lowest BCUT2D eigenvalue weighted by Crippen LogP contribution is -2.41. The van der Waals surface area contributed by atoms with Gasteiger partial charge >= 0.3 is 0 Å². The van der Waals surface area contributed by atoms with E-state index in [0.717, 1.165) is 49.9 Å². The summed E-state index contributed by atoms with van der Waals surface area (Å²) in [5.74, 6) is 1.08. The van der Waals surface area contributed by atoms with Crippen LogP contribution < -0.4 is 5.19 Å². The number of hydrogen-bond acceptors (Lipinski definition) is 3. The molecule has 36 heavy (non-hydrogen) atoms. The molecular formula is C32H32N2OSi.